The summed E-state index contributed by atoms with van der Waals surface area (Å²) in [5.74, 6) is 0.616. The highest BCUT2D eigenvalue weighted by Crippen LogP contribution is 2.11. The van der Waals surface area contributed by atoms with Gasteiger partial charge in [-0.2, -0.15) is 5.10 Å². The van der Waals surface area contributed by atoms with Gasteiger partial charge in [0.25, 0.3) is 0 Å². The molecule has 0 radical (unpaired) electrons. The first-order chi connectivity index (χ1) is 9.83. The van der Waals surface area contributed by atoms with Gasteiger partial charge in [0.2, 0.25) is 5.91 Å². The molecule has 3 aromatic rings. The molecule has 0 atom stereocenters. The van der Waals surface area contributed by atoms with Crippen LogP contribution in [0, 0.1) is 0 Å². The highest BCUT2D eigenvalue weighted by Gasteiger charge is 2.05. The van der Waals surface area contributed by atoms with Crippen LogP contribution in [-0.2, 0) is 17.9 Å². The average molecular weight is 270 g/mol. The van der Waals surface area contributed by atoms with Gasteiger partial charge in [-0.05, 0) is 12.1 Å². The number of hydrogen-bond donors (Lipinski definition) is 2. The molecule has 1 amide bonds. The van der Waals surface area contributed by atoms with Crippen molar-refractivity contribution in [2.24, 2.45) is 0 Å². The van der Waals surface area contributed by atoms with E-state index in [0.717, 1.165) is 11.0 Å². The molecule has 0 saturated heterocycles. The van der Waals surface area contributed by atoms with Gasteiger partial charge in [0, 0.05) is 13.0 Å². The Bertz CT molecular complexity index is 703. The van der Waals surface area contributed by atoms with E-state index in [0.29, 0.717) is 25.3 Å². The molecule has 2 N–H and O–H groups in total. The van der Waals surface area contributed by atoms with Crippen molar-refractivity contribution in [3.05, 3.63) is 42.7 Å². The van der Waals surface area contributed by atoms with Gasteiger partial charge in [-0.3, -0.25) is 9.89 Å². The number of para-hydroxylation sites is 2. The van der Waals surface area contributed by atoms with E-state index in [1.54, 1.807) is 6.33 Å². The fraction of sp³-hybridized carbons (Fsp3) is 0.231. The minimum atomic E-state index is -0.0285. The monoisotopic (exact) mass is 270 g/mol. The van der Waals surface area contributed by atoms with Gasteiger partial charge in [0.15, 0.2) is 0 Å². The number of carbonyl (C=O) groups is 1. The standard InChI is InChI=1S/C13H14N6O/c20-13(14-7-12-15-8-17-18-12)5-6-19-9-16-10-3-1-2-4-11(10)19/h1-4,8-9H,5-7H2,(H,14,20)(H,15,17,18). The quantitative estimate of drug-likeness (QED) is 0.719. The number of nitrogens with zero attached hydrogens (tertiary/aromatic N) is 4. The number of imidazole rings is 1. The third-order valence-electron chi connectivity index (χ3n) is 3.03. The fourth-order valence-corrected chi connectivity index (χ4v) is 2.00. The SMILES string of the molecule is O=C(CCn1cnc2ccccc21)NCc1ncn[nH]1. The molecule has 2 aromatic heterocycles. The lowest BCUT2D eigenvalue weighted by Gasteiger charge is -2.05. The van der Waals surface area contributed by atoms with E-state index in [2.05, 4.69) is 25.5 Å². The third kappa shape index (κ3) is 2.66. The molecule has 7 nitrogen and oxygen atoms in total. The summed E-state index contributed by atoms with van der Waals surface area (Å²) in [6, 6.07) is 7.86. The number of fused-ring (bicyclic) bond motifs is 1. The number of rotatable bonds is 5. The number of carbonyl (C=O) groups excluding carboxylic acids is 1. The zero-order chi connectivity index (χ0) is 13.8. The first-order valence-electron chi connectivity index (χ1n) is 6.34. The van der Waals surface area contributed by atoms with Gasteiger partial charge >= 0.3 is 0 Å². The summed E-state index contributed by atoms with van der Waals surface area (Å²) in [6.45, 7) is 0.965. The van der Waals surface area contributed by atoms with Crippen molar-refractivity contribution < 1.29 is 4.79 Å². The number of nitrogens with one attached hydrogen (secondary N) is 2. The van der Waals surface area contributed by atoms with Crippen LogP contribution < -0.4 is 5.32 Å². The van der Waals surface area contributed by atoms with Crippen molar-refractivity contribution in [2.45, 2.75) is 19.5 Å². The third-order valence-corrected chi connectivity index (χ3v) is 3.03. The van der Waals surface area contributed by atoms with Gasteiger partial charge in [-0.15, -0.1) is 0 Å². The molecule has 7 heteroatoms. The van der Waals surface area contributed by atoms with Crippen molar-refractivity contribution in [3.8, 4) is 0 Å². The molecule has 2 heterocycles. The Morgan fingerprint density at radius 2 is 2.20 bits per heavy atom. The van der Waals surface area contributed by atoms with E-state index in [4.69, 9.17) is 0 Å². The van der Waals surface area contributed by atoms with Gasteiger partial charge in [-0.1, -0.05) is 12.1 Å². The second-order valence-electron chi connectivity index (χ2n) is 4.39. The molecule has 0 unspecified atom stereocenters. The summed E-state index contributed by atoms with van der Waals surface area (Å²) < 4.78 is 1.98. The number of amides is 1. The molecule has 0 fully saturated rings. The van der Waals surface area contributed by atoms with Crippen LogP contribution >= 0.6 is 0 Å². The van der Waals surface area contributed by atoms with E-state index in [-0.39, 0.29) is 5.91 Å². The van der Waals surface area contributed by atoms with Crippen LogP contribution in [0.5, 0.6) is 0 Å². The Balaban J connectivity index is 1.55. The smallest absolute Gasteiger partial charge is 0.222 e. The van der Waals surface area contributed by atoms with Crippen molar-refractivity contribution in [1.82, 2.24) is 30.0 Å². The van der Waals surface area contributed by atoms with E-state index < -0.39 is 0 Å². The predicted octanol–water partition coefficient (Wildman–Crippen LogP) is 0.861. The summed E-state index contributed by atoms with van der Waals surface area (Å²) >= 11 is 0. The molecule has 0 aliphatic heterocycles. The van der Waals surface area contributed by atoms with Gasteiger partial charge in [0.05, 0.1) is 23.9 Å². The number of H-pyrrole nitrogens is 1. The zero-order valence-electron chi connectivity index (χ0n) is 10.8. The van der Waals surface area contributed by atoms with Crippen molar-refractivity contribution in [2.75, 3.05) is 0 Å². The number of aromatic amines is 1. The lowest BCUT2D eigenvalue weighted by Crippen LogP contribution is -2.24. The van der Waals surface area contributed by atoms with Crippen LogP contribution in [-0.4, -0.2) is 30.6 Å². The van der Waals surface area contributed by atoms with E-state index >= 15 is 0 Å². The van der Waals surface area contributed by atoms with Crippen LogP contribution in [0.1, 0.15) is 12.2 Å². The molecule has 20 heavy (non-hydrogen) atoms. The fourth-order valence-electron chi connectivity index (χ4n) is 2.00. The van der Waals surface area contributed by atoms with Crippen LogP contribution in [0.2, 0.25) is 0 Å². The second-order valence-corrected chi connectivity index (χ2v) is 4.39. The number of aromatic nitrogens is 5. The minimum Gasteiger partial charge on any atom is -0.349 e. The molecular weight excluding hydrogens is 256 g/mol. The van der Waals surface area contributed by atoms with Crippen molar-refractivity contribution in [3.63, 3.8) is 0 Å². The Morgan fingerprint density at radius 3 is 3.05 bits per heavy atom. The largest absolute Gasteiger partial charge is 0.349 e. The Labute approximate surface area is 115 Å². The number of hydrogen-bond acceptors (Lipinski definition) is 4. The summed E-state index contributed by atoms with van der Waals surface area (Å²) in [6.07, 6.45) is 3.57. The van der Waals surface area contributed by atoms with Gasteiger partial charge in [-0.25, -0.2) is 9.97 Å². The zero-order valence-corrected chi connectivity index (χ0v) is 10.8. The van der Waals surface area contributed by atoms with Crippen molar-refractivity contribution >= 4 is 16.9 Å². The highest BCUT2D eigenvalue weighted by atomic mass is 16.1. The van der Waals surface area contributed by atoms with Crippen LogP contribution in [0.3, 0.4) is 0 Å². The molecule has 0 aliphatic carbocycles. The molecule has 3 rings (SSSR count). The van der Waals surface area contributed by atoms with E-state index in [9.17, 15) is 4.79 Å². The van der Waals surface area contributed by atoms with Gasteiger partial charge < -0.3 is 9.88 Å². The summed E-state index contributed by atoms with van der Waals surface area (Å²) in [7, 11) is 0. The lowest BCUT2D eigenvalue weighted by molar-refractivity contribution is -0.121. The topological polar surface area (TPSA) is 88.5 Å². The lowest BCUT2D eigenvalue weighted by atomic mass is 10.3. The minimum absolute atomic E-state index is 0.0285. The Hall–Kier alpha value is -2.70. The molecule has 0 bridgehead atoms. The maximum Gasteiger partial charge on any atom is 0.222 e. The van der Waals surface area contributed by atoms with Gasteiger partial charge in [0.1, 0.15) is 12.2 Å². The molecule has 102 valence electrons. The Kier molecular flexibility index (Phi) is 3.40. The van der Waals surface area contributed by atoms with Crippen LogP contribution in [0.4, 0.5) is 0 Å². The van der Waals surface area contributed by atoms with Crippen LogP contribution in [0.15, 0.2) is 36.9 Å². The second kappa shape index (κ2) is 5.52. The summed E-state index contributed by atoms with van der Waals surface area (Å²) in [4.78, 5) is 20.0. The summed E-state index contributed by atoms with van der Waals surface area (Å²) in [5.41, 5.74) is 1.98. The number of benzene rings is 1. The normalized spacial score (nSPS) is 10.8. The maximum atomic E-state index is 11.8. The molecule has 0 spiro atoms. The van der Waals surface area contributed by atoms with E-state index in [1.807, 2.05) is 28.8 Å². The number of aryl methyl sites for hydroxylation is 1. The highest BCUT2D eigenvalue weighted by molar-refractivity contribution is 5.77. The average Bonchev–Trinajstić information content (AvgIpc) is 3.12. The van der Waals surface area contributed by atoms with Crippen LogP contribution in [0.25, 0.3) is 11.0 Å². The molecule has 0 saturated carbocycles. The molecule has 0 aliphatic rings. The molecular formula is C13H14N6O. The molecule has 1 aromatic carbocycles. The summed E-state index contributed by atoms with van der Waals surface area (Å²) in [5, 5.41) is 9.21. The maximum absolute atomic E-state index is 11.8. The predicted molar refractivity (Wildman–Crippen MR) is 72.6 cm³/mol. The van der Waals surface area contributed by atoms with E-state index in [1.165, 1.54) is 6.33 Å². The first-order valence-corrected chi connectivity index (χ1v) is 6.34. The first kappa shape index (κ1) is 12.3. The van der Waals surface area contributed by atoms with Crippen molar-refractivity contribution in [1.29, 1.82) is 0 Å². The Morgan fingerprint density at radius 1 is 1.30 bits per heavy atom.